The van der Waals surface area contributed by atoms with Crippen LogP contribution in [0, 0.1) is 21.3 Å². The highest BCUT2D eigenvalue weighted by atomic mass is 19.1. The lowest BCUT2D eigenvalue weighted by atomic mass is 9.94. The van der Waals surface area contributed by atoms with E-state index >= 15 is 0 Å². The standard InChI is InChI=1S/C11H14FN3O4/c1-11(2,10(16)14-13)6-19-9-4-3-7(12)5-8(9)15(17)18/h3-5H,6,13H2,1-2H3,(H,14,16). The minimum atomic E-state index is -0.975. The van der Waals surface area contributed by atoms with Crippen LogP contribution < -0.4 is 16.0 Å². The van der Waals surface area contributed by atoms with Gasteiger partial charge in [-0.15, -0.1) is 0 Å². The molecule has 8 heteroatoms. The number of ether oxygens (including phenoxy) is 1. The highest BCUT2D eigenvalue weighted by molar-refractivity contribution is 5.81. The molecule has 0 heterocycles. The lowest BCUT2D eigenvalue weighted by Gasteiger charge is -2.22. The Labute approximate surface area is 108 Å². The summed E-state index contributed by atoms with van der Waals surface area (Å²) < 4.78 is 18.1. The molecule has 1 amide bonds. The number of rotatable bonds is 5. The maximum Gasteiger partial charge on any atom is 0.313 e. The molecule has 0 saturated carbocycles. The van der Waals surface area contributed by atoms with E-state index in [4.69, 9.17) is 10.6 Å². The number of benzene rings is 1. The van der Waals surface area contributed by atoms with Gasteiger partial charge in [-0.05, 0) is 26.0 Å². The van der Waals surface area contributed by atoms with Crippen molar-refractivity contribution in [3.05, 3.63) is 34.1 Å². The van der Waals surface area contributed by atoms with E-state index in [2.05, 4.69) is 0 Å². The Morgan fingerprint density at radius 3 is 2.74 bits per heavy atom. The fraction of sp³-hybridized carbons (Fsp3) is 0.364. The van der Waals surface area contributed by atoms with Crippen LogP contribution in [0.1, 0.15) is 13.8 Å². The van der Waals surface area contributed by atoms with Crippen LogP contribution in [-0.4, -0.2) is 17.4 Å². The summed E-state index contributed by atoms with van der Waals surface area (Å²) in [6, 6.07) is 2.94. The molecule has 0 aromatic heterocycles. The van der Waals surface area contributed by atoms with Crippen molar-refractivity contribution in [3.8, 4) is 5.75 Å². The molecule has 0 saturated heterocycles. The Bertz CT molecular complexity index is 505. The molecule has 0 fully saturated rings. The lowest BCUT2D eigenvalue weighted by Crippen LogP contribution is -2.44. The van der Waals surface area contributed by atoms with Crippen molar-refractivity contribution in [3.63, 3.8) is 0 Å². The van der Waals surface area contributed by atoms with Crippen LogP contribution in [0.3, 0.4) is 0 Å². The number of carbonyl (C=O) groups excluding carboxylic acids is 1. The molecule has 1 aromatic carbocycles. The Morgan fingerprint density at radius 2 is 2.21 bits per heavy atom. The van der Waals surface area contributed by atoms with Gasteiger partial charge in [0.05, 0.1) is 16.4 Å². The number of nitrogens with one attached hydrogen (secondary N) is 1. The molecule has 0 spiro atoms. The quantitative estimate of drug-likeness (QED) is 0.361. The van der Waals surface area contributed by atoms with E-state index in [9.17, 15) is 19.3 Å². The summed E-state index contributed by atoms with van der Waals surface area (Å²) >= 11 is 0. The predicted octanol–water partition coefficient (Wildman–Crippen LogP) is 1.13. The lowest BCUT2D eigenvalue weighted by molar-refractivity contribution is -0.386. The van der Waals surface area contributed by atoms with Gasteiger partial charge in [-0.2, -0.15) is 0 Å². The number of hydrogen-bond donors (Lipinski definition) is 2. The molecule has 0 bridgehead atoms. The Balaban J connectivity index is 2.89. The van der Waals surface area contributed by atoms with Gasteiger partial charge < -0.3 is 4.74 Å². The van der Waals surface area contributed by atoms with Crippen LogP contribution in [0.25, 0.3) is 0 Å². The van der Waals surface area contributed by atoms with E-state index < -0.39 is 27.8 Å². The third-order valence-electron chi connectivity index (χ3n) is 2.45. The molecule has 0 aliphatic heterocycles. The zero-order valence-corrected chi connectivity index (χ0v) is 10.5. The number of nitro benzene ring substituents is 1. The van der Waals surface area contributed by atoms with Crippen LogP contribution in [0.2, 0.25) is 0 Å². The first-order valence-electron chi connectivity index (χ1n) is 5.35. The summed E-state index contributed by atoms with van der Waals surface area (Å²) in [5.74, 6) is 3.69. The number of nitrogens with zero attached hydrogens (tertiary/aromatic N) is 1. The van der Waals surface area contributed by atoms with Crippen molar-refractivity contribution in [2.24, 2.45) is 11.3 Å². The average molecular weight is 271 g/mol. The molecule has 19 heavy (non-hydrogen) atoms. The molecule has 3 N–H and O–H groups in total. The number of nitrogens with two attached hydrogens (primary N) is 1. The third-order valence-corrected chi connectivity index (χ3v) is 2.45. The van der Waals surface area contributed by atoms with Gasteiger partial charge >= 0.3 is 5.69 Å². The van der Waals surface area contributed by atoms with E-state index in [1.165, 1.54) is 0 Å². The van der Waals surface area contributed by atoms with E-state index in [1.807, 2.05) is 5.43 Å². The molecule has 0 aliphatic rings. The molecular formula is C11H14FN3O4. The zero-order valence-electron chi connectivity index (χ0n) is 10.5. The van der Waals surface area contributed by atoms with Crippen molar-refractivity contribution in [2.45, 2.75) is 13.8 Å². The number of halogens is 1. The Hall–Kier alpha value is -2.22. The number of hydrazine groups is 1. The summed E-state index contributed by atoms with van der Waals surface area (Å²) in [6.07, 6.45) is 0. The van der Waals surface area contributed by atoms with Gasteiger partial charge in [-0.25, -0.2) is 10.2 Å². The average Bonchev–Trinajstić information content (AvgIpc) is 2.36. The molecule has 0 unspecified atom stereocenters. The van der Waals surface area contributed by atoms with Gasteiger partial charge in [0, 0.05) is 0 Å². The minimum Gasteiger partial charge on any atom is -0.486 e. The normalized spacial score (nSPS) is 10.9. The van der Waals surface area contributed by atoms with Gasteiger partial charge in [0.2, 0.25) is 5.91 Å². The zero-order chi connectivity index (χ0) is 14.6. The topological polar surface area (TPSA) is 107 Å². The summed E-state index contributed by atoms with van der Waals surface area (Å²) in [7, 11) is 0. The van der Waals surface area contributed by atoms with Gasteiger partial charge in [0.15, 0.2) is 5.75 Å². The molecule has 0 radical (unpaired) electrons. The van der Waals surface area contributed by atoms with Gasteiger partial charge in [-0.3, -0.25) is 20.3 Å². The SMILES string of the molecule is CC(C)(COc1ccc(F)cc1[N+](=O)[O-])C(=O)NN. The van der Waals surface area contributed by atoms with Gasteiger partial charge in [0.25, 0.3) is 0 Å². The molecule has 1 aromatic rings. The second kappa shape index (κ2) is 5.61. The first-order chi connectivity index (χ1) is 8.77. The van der Waals surface area contributed by atoms with Crippen molar-refractivity contribution in [1.29, 1.82) is 0 Å². The molecule has 0 atom stereocenters. The van der Waals surface area contributed by atoms with Crippen LogP contribution in [0.5, 0.6) is 5.75 Å². The fourth-order valence-corrected chi connectivity index (χ4v) is 1.27. The van der Waals surface area contributed by atoms with Crippen molar-refractivity contribution >= 4 is 11.6 Å². The molecular weight excluding hydrogens is 257 g/mol. The predicted molar refractivity (Wildman–Crippen MR) is 64.7 cm³/mol. The van der Waals surface area contributed by atoms with Crippen molar-refractivity contribution in [1.82, 2.24) is 5.43 Å². The molecule has 104 valence electrons. The summed E-state index contributed by atoms with van der Waals surface area (Å²) in [4.78, 5) is 21.4. The highest BCUT2D eigenvalue weighted by Gasteiger charge is 2.29. The molecule has 7 nitrogen and oxygen atoms in total. The smallest absolute Gasteiger partial charge is 0.313 e. The van der Waals surface area contributed by atoms with Gasteiger partial charge in [0.1, 0.15) is 12.4 Å². The number of hydrogen-bond acceptors (Lipinski definition) is 5. The number of nitro groups is 1. The van der Waals surface area contributed by atoms with E-state index in [0.717, 1.165) is 18.2 Å². The Kier molecular flexibility index (Phi) is 4.38. The summed E-state index contributed by atoms with van der Waals surface area (Å²) in [5, 5.41) is 10.7. The van der Waals surface area contributed by atoms with Crippen molar-refractivity contribution in [2.75, 3.05) is 6.61 Å². The molecule has 1 rings (SSSR count). The van der Waals surface area contributed by atoms with Gasteiger partial charge in [-0.1, -0.05) is 0 Å². The maximum atomic E-state index is 12.9. The highest BCUT2D eigenvalue weighted by Crippen LogP contribution is 2.29. The first kappa shape index (κ1) is 14.8. The van der Waals surface area contributed by atoms with Crippen LogP contribution in [0.4, 0.5) is 10.1 Å². The minimum absolute atomic E-state index is 0.107. The number of amides is 1. The van der Waals surface area contributed by atoms with E-state index in [-0.39, 0.29) is 12.4 Å². The van der Waals surface area contributed by atoms with Crippen LogP contribution in [-0.2, 0) is 4.79 Å². The second-order valence-electron chi connectivity index (χ2n) is 4.52. The summed E-state index contributed by atoms with van der Waals surface area (Å²) in [5.41, 5.74) is 0.504. The Morgan fingerprint density at radius 1 is 1.58 bits per heavy atom. The molecule has 0 aliphatic carbocycles. The fourth-order valence-electron chi connectivity index (χ4n) is 1.27. The summed E-state index contributed by atoms with van der Waals surface area (Å²) in [6.45, 7) is 2.98. The van der Waals surface area contributed by atoms with E-state index in [0.29, 0.717) is 0 Å². The van der Waals surface area contributed by atoms with Crippen LogP contribution >= 0.6 is 0 Å². The second-order valence-corrected chi connectivity index (χ2v) is 4.52. The number of carbonyl (C=O) groups is 1. The third kappa shape index (κ3) is 3.62. The first-order valence-corrected chi connectivity index (χ1v) is 5.35. The van der Waals surface area contributed by atoms with Crippen molar-refractivity contribution < 1.29 is 18.8 Å². The van der Waals surface area contributed by atoms with E-state index in [1.54, 1.807) is 13.8 Å². The maximum absolute atomic E-state index is 12.9. The van der Waals surface area contributed by atoms with Crippen LogP contribution in [0.15, 0.2) is 18.2 Å². The monoisotopic (exact) mass is 271 g/mol. The largest absolute Gasteiger partial charge is 0.486 e.